The molecule has 3 rings (SSSR count). The van der Waals surface area contributed by atoms with Gasteiger partial charge in [-0.1, -0.05) is 50.8 Å². The minimum Gasteiger partial charge on any atom is -0.465 e. The number of hydrogen-bond acceptors (Lipinski definition) is 5. The lowest BCUT2D eigenvalue weighted by Crippen LogP contribution is -2.46. The molecular weight excluding hydrogens is 444 g/mol. The van der Waals surface area contributed by atoms with Crippen LogP contribution in [0.15, 0.2) is 66.3 Å². The Bertz CT molecular complexity index is 1160. The summed E-state index contributed by atoms with van der Waals surface area (Å²) in [5.74, 6) is 0.0472. The van der Waals surface area contributed by atoms with Crippen molar-refractivity contribution < 1.29 is 19.4 Å². The van der Waals surface area contributed by atoms with E-state index in [0.29, 0.717) is 17.8 Å². The molecule has 0 saturated carbocycles. The van der Waals surface area contributed by atoms with Gasteiger partial charge in [-0.15, -0.1) is 0 Å². The molecule has 3 N–H and O–H groups in total. The van der Waals surface area contributed by atoms with Crippen LogP contribution in [0.25, 0.3) is 5.69 Å². The van der Waals surface area contributed by atoms with E-state index in [0.717, 1.165) is 22.5 Å². The van der Waals surface area contributed by atoms with Gasteiger partial charge in [0, 0.05) is 5.56 Å². The summed E-state index contributed by atoms with van der Waals surface area (Å²) in [4.78, 5) is 25.3. The number of urea groups is 1. The van der Waals surface area contributed by atoms with Crippen LogP contribution < -0.4 is 10.6 Å². The quantitative estimate of drug-likeness (QED) is 0.566. The molecule has 0 unspecified atom stereocenters. The van der Waals surface area contributed by atoms with E-state index in [1.807, 2.05) is 58.0 Å². The highest BCUT2D eigenvalue weighted by atomic mass is 16.5. The summed E-state index contributed by atoms with van der Waals surface area (Å²) in [5.41, 5.74) is 3.08. The lowest BCUT2D eigenvalue weighted by Gasteiger charge is -2.33. The Balaban J connectivity index is 1.87. The van der Waals surface area contributed by atoms with Crippen LogP contribution in [-0.2, 0) is 9.53 Å². The fourth-order valence-electron chi connectivity index (χ4n) is 3.94. The summed E-state index contributed by atoms with van der Waals surface area (Å²) < 4.78 is 6.56. The molecule has 1 aromatic heterocycles. The van der Waals surface area contributed by atoms with E-state index in [4.69, 9.17) is 4.74 Å². The molecule has 35 heavy (non-hydrogen) atoms. The van der Waals surface area contributed by atoms with Gasteiger partial charge in [-0.05, 0) is 55.9 Å². The second-order valence-corrected chi connectivity index (χ2v) is 9.41. The first-order valence-corrected chi connectivity index (χ1v) is 11.6. The third kappa shape index (κ3) is 6.08. The number of aryl methyl sites for hydroxylation is 1. The minimum atomic E-state index is -0.879. The maximum absolute atomic E-state index is 13.1. The number of hydrogen-bond donors (Lipinski definition) is 3. The highest BCUT2D eigenvalue weighted by Crippen LogP contribution is 2.33. The summed E-state index contributed by atoms with van der Waals surface area (Å²) in [6.45, 7) is 11.8. The molecule has 1 heterocycles. The van der Waals surface area contributed by atoms with Crippen LogP contribution in [0.5, 0.6) is 0 Å². The van der Waals surface area contributed by atoms with Crippen molar-refractivity contribution in [2.75, 3.05) is 12.4 Å². The molecule has 186 valence electrons. The van der Waals surface area contributed by atoms with Crippen LogP contribution >= 0.6 is 0 Å². The van der Waals surface area contributed by atoms with Crippen LogP contribution in [-0.4, -0.2) is 46.1 Å². The number of anilines is 1. The third-order valence-electron chi connectivity index (χ3n) is 6.44. The Morgan fingerprint density at radius 3 is 2.54 bits per heavy atom. The van der Waals surface area contributed by atoms with Gasteiger partial charge in [0.1, 0.15) is 5.82 Å². The number of allylic oxidation sites excluding steroid dienone is 2. The van der Waals surface area contributed by atoms with Crippen molar-refractivity contribution in [3.05, 3.63) is 77.5 Å². The second kappa shape index (κ2) is 10.7. The highest BCUT2D eigenvalue weighted by Gasteiger charge is 2.31. The maximum atomic E-state index is 13.1. The van der Waals surface area contributed by atoms with Gasteiger partial charge >= 0.3 is 12.0 Å². The van der Waals surface area contributed by atoms with Crippen LogP contribution in [0, 0.1) is 19.3 Å². The summed E-state index contributed by atoms with van der Waals surface area (Å²) in [6, 6.07) is 8.39. The van der Waals surface area contributed by atoms with Gasteiger partial charge in [-0.2, -0.15) is 5.10 Å². The number of methoxy groups -OCH3 is 1. The van der Waals surface area contributed by atoms with Crippen molar-refractivity contribution in [2.24, 2.45) is 5.41 Å². The number of aliphatic hydroxyl groups is 1. The van der Waals surface area contributed by atoms with Gasteiger partial charge in [0.05, 0.1) is 36.2 Å². The Morgan fingerprint density at radius 1 is 1.20 bits per heavy atom. The number of nitrogens with one attached hydrogen (secondary N) is 2. The van der Waals surface area contributed by atoms with Crippen molar-refractivity contribution >= 4 is 17.8 Å². The van der Waals surface area contributed by atoms with Crippen molar-refractivity contribution in [3.8, 4) is 5.69 Å². The number of carbonyl (C=O) groups excluding carboxylic acids is 2. The zero-order valence-electron chi connectivity index (χ0n) is 21.0. The first-order chi connectivity index (χ1) is 16.5. The van der Waals surface area contributed by atoms with Gasteiger partial charge in [0.25, 0.3) is 0 Å². The molecule has 8 nitrogen and oxygen atoms in total. The summed E-state index contributed by atoms with van der Waals surface area (Å²) >= 11 is 0. The van der Waals surface area contributed by atoms with E-state index in [-0.39, 0.29) is 6.42 Å². The molecule has 0 radical (unpaired) electrons. The summed E-state index contributed by atoms with van der Waals surface area (Å²) in [5, 5.41) is 21.4. The van der Waals surface area contributed by atoms with Crippen LogP contribution in [0.2, 0.25) is 0 Å². The smallest absolute Gasteiger partial charge is 0.337 e. The number of benzene rings is 1. The van der Waals surface area contributed by atoms with E-state index in [1.165, 1.54) is 7.11 Å². The van der Waals surface area contributed by atoms with Crippen LogP contribution in [0.3, 0.4) is 0 Å². The first-order valence-electron chi connectivity index (χ1n) is 11.6. The molecule has 2 aromatic rings. The molecule has 2 amide bonds. The predicted octanol–water partition coefficient (Wildman–Crippen LogP) is 4.37. The summed E-state index contributed by atoms with van der Waals surface area (Å²) in [6.07, 6.45) is 4.83. The second-order valence-electron chi connectivity index (χ2n) is 9.41. The molecule has 1 aliphatic rings. The molecule has 2 atom stereocenters. The molecule has 1 aromatic carbocycles. The first kappa shape index (κ1) is 26.0. The largest absolute Gasteiger partial charge is 0.465 e. The molecule has 0 saturated heterocycles. The topological polar surface area (TPSA) is 105 Å². The average Bonchev–Trinajstić information content (AvgIpc) is 3.10. The number of carbonyl (C=O) groups is 2. The van der Waals surface area contributed by atoms with Gasteiger partial charge in [0.2, 0.25) is 0 Å². The van der Waals surface area contributed by atoms with Gasteiger partial charge < -0.3 is 15.2 Å². The molecule has 1 aliphatic carbocycles. The zero-order valence-corrected chi connectivity index (χ0v) is 21.0. The van der Waals surface area contributed by atoms with E-state index in [2.05, 4.69) is 22.3 Å². The maximum Gasteiger partial charge on any atom is 0.337 e. The number of nitrogens with zero attached hydrogens (tertiary/aromatic N) is 2. The number of aromatic nitrogens is 2. The fourth-order valence-corrected chi connectivity index (χ4v) is 3.94. The molecule has 0 spiro atoms. The van der Waals surface area contributed by atoms with Crippen molar-refractivity contribution in [1.29, 1.82) is 0 Å². The Hall–Kier alpha value is -3.65. The average molecular weight is 479 g/mol. The molecule has 0 fully saturated rings. The molecule has 8 heteroatoms. The number of amides is 2. The van der Waals surface area contributed by atoms with E-state index >= 15 is 0 Å². The number of rotatable bonds is 4. The Kier molecular flexibility index (Phi) is 7.96. The standard InChI is InChI=1S/C27H34N4O4/c1-17-12-13-20(25(33)35-6)14-15-22(23(32)16-27(17,4)5)28-26(34)29-24-18(2)19(3)30-31(24)21-10-8-7-9-11-21/h7-14,22-23,32H,1,15-16H2,2-6H3,(H2,28,29,34)/b13-12-,20-14+/t22-,23-/m1/s1. The Morgan fingerprint density at radius 2 is 1.89 bits per heavy atom. The summed E-state index contributed by atoms with van der Waals surface area (Å²) in [7, 11) is 1.31. The SMILES string of the molecule is C=C1/C=C\C(C(=O)OC)=C/C[C@@H](NC(=O)Nc2c(C)c(C)nn2-c2ccccc2)[C@H](O)CC1(C)C. The van der Waals surface area contributed by atoms with Gasteiger partial charge in [-0.25, -0.2) is 14.3 Å². The molecule has 0 aliphatic heterocycles. The minimum absolute atomic E-state index is 0.238. The number of aliphatic hydroxyl groups excluding tert-OH is 1. The molecule has 0 bridgehead atoms. The number of para-hydroxylation sites is 1. The van der Waals surface area contributed by atoms with E-state index < -0.39 is 29.6 Å². The third-order valence-corrected chi connectivity index (χ3v) is 6.44. The van der Waals surface area contributed by atoms with Crippen LogP contribution in [0.1, 0.15) is 37.9 Å². The monoisotopic (exact) mass is 478 g/mol. The van der Waals surface area contributed by atoms with Gasteiger partial charge in [-0.3, -0.25) is 5.32 Å². The lowest BCUT2D eigenvalue weighted by atomic mass is 9.77. The fraction of sp³-hybridized carbons (Fsp3) is 0.370. The van der Waals surface area contributed by atoms with Crippen molar-refractivity contribution in [2.45, 2.75) is 52.7 Å². The lowest BCUT2D eigenvalue weighted by molar-refractivity contribution is -0.135. The van der Waals surface area contributed by atoms with Gasteiger partial charge in [0.15, 0.2) is 0 Å². The number of ether oxygens (including phenoxy) is 1. The molecular formula is C27H34N4O4. The zero-order chi connectivity index (χ0) is 25.8. The van der Waals surface area contributed by atoms with Crippen molar-refractivity contribution in [3.63, 3.8) is 0 Å². The Labute approximate surface area is 206 Å². The van der Waals surface area contributed by atoms with Crippen LogP contribution in [0.4, 0.5) is 10.6 Å². The normalized spacial score (nSPS) is 22.5. The number of esters is 1. The van der Waals surface area contributed by atoms with E-state index in [1.54, 1.807) is 22.9 Å². The predicted molar refractivity (Wildman–Crippen MR) is 136 cm³/mol. The van der Waals surface area contributed by atoms with E-state index in [9.17, 15) is 14.7 Å². The highest BCUT2D eigenvalue weighted by molar-refractivity contribution is 5.92. The van der Waals surface area contributed by atoms with Crippen molar-refractivity contribution in [1.82, 2.24) is 15.1 Å².